The summed E-state index contributed by atoms with van der Waals surface area (Å²) in [7, 11) is 0. The first-order valence-electron chi connectivity index (χ1n) is 8.82. The van der Waals surface area contributed by atoms with Gasteiger partial charge in [-0.1, -0.05) is 34.6 Å². The van der Waals surface area contributed by atoms with Gasteiger partial charge in [-0.15, -0.1) is 0 Å². The highest BCUT2D eigenvalue weighted by Crippen LogP contribution is 2.26. The fraction of sp³-hybridized carbons (Fsp3) is 1.00. The molecule has 1 rings (SSSR count). The molecule has 4 heteroatoms. The fourth-order valence-electron chi connectivity index (χ4n) is 2.19. The molecular formula is C18H37NO3. The van der Waals surface area contributed by atoms with Crippen LogP contribution in [0.4, 0.5) is 0 Å². The third-order valence-corrected chi connectivity index (χ3v) is 4.09. The van der Waals surface area contributed by atoms with Gasteiger partial charge in [-0.25, -0.2) is 0 Å². The molecule has 0 spiro atoms. The van der Waals surface area contributed by atoms with Gasteiger partial charge in [0.1, 0.15) is 0 Å². The lowest BCUT2D eigenvalue weighted by molar-refractivity contribution is -0.110. The quantitative estimate of drug-likeness (QED) is 0.594. The second-order valence-electron chi connectivity index (χ2n) is 8.06. The van der Waals surface area contributed by atoms with E-state index >= 15 is 0 Å². The van der Waals surface area contributed by atoms with Crippen molar-refractivity contribution in [2.75, 3.05) is 33.0 Å². The molecule has 1 saturated carbocycles. The summed E-state index contributed by atoms with van der Waals surface area (Å²) in [6.07, 6.45) is 2.81. The summed E-state index contributed by atoms with van der Waals surface area (Å²) in [6, 6.07) is 0.550. The lowest BCUT2D eigenvalue weighted by atomic mass is 9.92. The van der Waals surface area contributed by atoms with Crippen molar-refractivity contribution in [2.24, 2.45) is 11.3 Å². The molecule has 0 amide bonds. The van der Waals surface area contributed by atoms with E-state index in [1.807, 2.05) is 0 Å². The molecule has 0 aromatic rings. The van der Waals surface area contributed by atoms with E-state index in [0.29, 0.717) is 37.4 Å². The third kappa shape index (κ3) is 9.09. The summed E-state index contributed by atoms with van der Waals surface area (Å²) in [5, 5.41) is 3.48. The first kappa shape index (κ1) is 19.9. The molecule has 0 saturated heterocycles. The summed E-state index contributed by atoms with van der Waals surface area (Å²) in [4.78, 5) is 0. The van der Waals surface area contributed by atoms with E-state index in [2.05, 4.69) is 46.9 Å². The van der Waals surface area contributed by atoms with Crippen molar-refractivity contribution >= 4 is 0 Å². The predicted molar refractivity (Wildman–Crippen MR) is 91.3 cm³/mol. The second-order valence-corrected chi connectivity index (χ2v) is 8.06. The SMILES string of the molecule is CC(C)C(C)NCCO[C@H]1C[C@H](OCCOCC(C)(C)C)C1. The van der Waals surface area contributed by atoms with Gasteiger partial charge < -0.3 is 19.5 Å². The fourth-order valence-corrected chi connectivity index (χ4v) is 2.19. The Bertz CT molecular complexity index is 283. The van der Waals surface area contributed by atoms with Crippen LogP contribution in [0.15, 0.2) is 0 Å². The van der Waals surface area contributed by atoms with Crippen LogP contribution in [0.3, 0.4) is 0 Å². The Hall–Kier alpha value is -0.160. The molecule has 22 heavy (non-hydrogen) atoms. The minimum Gasteiger partial charge on any atom is -0.379 e. The summed E-state index contributed by atoms with van der Waals surface area (Å²) >= 11 is 0. The molecule has 0 aliphatic heterocycles. The largest absolute Gasteiger partial charge is 0.379 e. The zero-order valence-electron chi connectivity index (χ0n) is 15.5. The molecule has 1 N–H and O–H groups in total. The van der Waals surface area contributed by atoms with Crippen LogP contribution < -0.4 is 5.32 Å². The van der Waals surface area contributed by atoms with E-state index in [1.54, 1.807) is 0 Å². The van der Waals surface area contributed by atoms with Crippen LogP contribution in [-0.2, 0) is 14.2 Å². The van der Waals surface area contributed by atoms with Gasteiger partial charge in [0.15, 0.2) is 0 Å². The topological polar surface area (TPSA) is 39.7 Å². The molecule has 0 bridgehead atoms. The summed E-state index contributed by atoms with van der Waals surface area (Å²) in [5.41, 5.74) is 0.233. The van der Waals surface area contributed by atoms with Gasteiger partial charge >= 0.3 is 0 Å². The van der Waals surface area contributed by atoms with E-state index in [4.69, 9.17) is 14.2 Å². The molecule has 0 radical (unpaired) electrons. The number of rotatable bonds is 11. The van der Waals surface area contributed by atoms with Crippen LogP contribution in [0.2, 0.25) is 0 Å². The maximum atomic E-state index is 5.84. The van der Waals surface area contributed by atoms with Crippen LogP contribution in [0.5, 0.6) is 0 Å². The first-order chi connectivity index (χ1) is 10.3. The molecule has 1 fully saturated rings. The van der Waals surface area contributed by atoms with Crippen molar-refractivity contribution in [3.8, 4) is 0 Å². The monoisotopic (exact) mass is 315 g/mol. The molecule has 1 aliphatic carbocycles. The lowest BCUT2D eigenvalue weighted by Crippen LogP contribution is -2.40. The normalized spacial score (nSPS) is 23.6. The zero-order chi connectivity index (χ0) is 16.6. The number of ether oxygens (including phenoxy) is 3. The van der Waals surface area contributed by atoms with Crippen LogP contribution in [-0.4, -0.2) is 51.2 Å². The Kier molecular flexibility index (Phi) is 8.91. The molecule has 1 aliphatic rings. The first-order valence-corrected chi connectivity index (χ1v) is 8.82. The van der Waals surface area contributed by atoms with E-state index in [-0.39, 0.29) is 5.41 Å². The Morgan fingerprint density at radius 3 is 2.09 bits per heavy atom. The maximum absolute atomic E-state index is 5.84. The van der Waals surface area contributed by atoms with Crippen molar-refractivity contribution in [1.82, 2.24) is 5.32 Å². The number of hydrogen-bond acceptors (Lipinski definition) is 4. The van der Waals surface area contributed by atoms with E-state index in [1.165, 1.54) is 0 Å². The Morgan fingerprint density at radius 2 is 1.55 bits per heavy atom. The average molecular weight is 315 g/mol. The third-order valence-electron chi connectivity index (χ3n) is 4.09. The Labute approximate surface area is 137 Å². The van der Waals surface area contributed by atoms with Crippen LogP contribution >= 0.6 is 0 Å². The Balaban J connectivity index is 1.88. The lowest BCUT2D eigenvalue weighted by Gasteiger charge is -2.35. The van der Waals surface area contributed by atoms with Gasteiger partial charge in [-0.05, 0) is 31.1 Å². The van der Waals surface area contributed by atoms with Gasteiger partial charge in [-0.3, -0.25) is 0 Å². The van der Waals surface area contributed by atoms with Gasteiger partial charge in [0.25, 0.3) is 0 Å². The van der Waals surface area contributed by atoms with Crippen LogP contribution in [0.1, 0.15) is 54.4 Å². The van der Waals surface area contributed by atoms with Crippen molar-refractivity contribution in [3.63, 3.8) is 0 Å². The van der Waals surface area contributed by atoms with Gasteiger partial charge in [0.05, 0.1) is 38.6 Å². The van der Waals surface area contributed by atoms with Gasteiger partial charge in [0, 0.05) is 12.6 Å². The highest BCUT2D eigenvalue weighted by Gasteiger charge is 2.30. The molecule has 132 valence electrons. The molecule has 0 aromatic heterocycles. The highest BCUT2D eigenvalue weighted by molar-refractivity contribution is 4.81. The summed E-state index contributed by atoms with van der Waals surface area (Å²) in [5.74, 6) is 0.669. The number of hydrogen-bond donors (Lipinski definition) is 1. The van der Waals surface area contributed by atoms with Crippen molar-refractivity contribution in [2.45, 2.75) is 72.6 Å². The standard InChI is InChI=1S/C18H37NO3/c1-14(2)15(3)19-7-8-21-16-11-17(12-16)22-10-9-20-13-18(4,5)6/h14-17,19H,7-13H2,1-6H3/t15?,16-,17-. The number of nitrogens with one attached hydrogen (secondary N) is 1. The summed E-state index contributed by atoms with van der Waals surface area (Å²) in [6.45, 7) is 17.1. The maximum Gasteiger partial charge on any atom is 0.0704 e. The molecule has 0 aromatic carbocycles. The smallest absolute Gasteiger partial charge is 0.0704 e. The van der Waals surface area contributed by atoms with Crippen molar-refractivity contribution in [3.05, 3.63) is 0 Å². The highest BCUT2D eigenvalue weighted by atomic mass is 16.5. The average Bonchev–Trinajstić information content (AvgIpc) is 2.36. The predicted octanol–water partition coefficient (Wildman–Crippen LogP) is 3.25. The molecule has 4 nitrogen and oxygen atoms in total. The van der Waals surface area contributed by atoms with Crippen LogP contribution in [0, 0.1) is 11.3 Å². The summed E-state index contributed by atoms with van der Waals surface area (Å²) < 4.78 is 17.2. The molecular weight excluding hydrogens is 278 g/mol. The minimum atomic E-state index is 0.233. The van der Waals surface area contributed by atoms with Crippen molar-refractivity contribution < 1.29 is 14.2 Å². The van der Waals surface area contributed by atoms with Gasteiger partial charge in [0.2, 0.25) is 0 Å². The van der Waals surface area contributed by atoms with Gasteiger partial charge in [-0.2, -0.15) is 0 Å². The molecule has 1 unspecified atom stereocenters. The Morgan fingerprint density at radius 1 is 0.955 bits per heavy atom. The zero-order valence-corrected chi connectivity index (χ0v) is 15.5. The van der Waals surface area contributed by atoms with E-state index in [9.17, 15) is 0 Å². The second kappa shape index (κ2) is 9.86. The molecule has 1 atom stereocenters. The van der Waals surface area contributed by atoms with E-state index in [0.717, 1.165) is 32.6 Å². The minimum absolute atomic E-state index is 0.233. The van der Waals surface area contributed by atoms with Crippen molar-refractivity contribution in [1.29, 1.82) is 0 Å². The van der Waals surface area contributed by atoms with Crippen LogP contribution in [0.25, 0.3) is 0 Å². The molecule has 0 heterocycles. The van der Waals surface area contributed by atoms with E-state index < -0.39 is 0 Å².